The molecule has 0 aliphatic carbocycles. The van der Waals surface area contributed by atoms with Gasteiger partial charge in [0, 0.05) is 36.5 Å². The molecule has 0 radical (unpaired) electrons. The van der Waals surface area contributed by atoms with Crippen LogP contribution < -0.4 is 10.9 Å². The van der Waals surface area contributed by atoms with Crippen LogP contribution in [0.1, 0.15) is 0 Å². The van der Waals surface area contributed by atoms with Gasteiger partial charge in [-0.2, -0.15) is 5.10 Å². The van der Waals surface area contributed by atoms with E-state index < -0.39 is 0 Å². The quantitative estimate of drug-likeness (QED) is 0.899. The molecule has 0 amide bonds. The second-order valence-electron chi connectivity index (χ2n) is 4.88. The number of likely N-dealkylation sites (N-methyl/N-ethyl adjacent to an activating group) is 1. The predicted octanol–water partition coefficient (Wildman–Crippen LogP) is 1.65. The van der Waals surface area contributed by atoms with E-state index in [0.29, 0.717) is 11.5 Å². The highest BCUT2D eigenvalue weighted by Crippen LogP contribution is 2.15. The van der Waals surface area contributed by atoms with Gasteiger partial charge in [0.25, 0.3) is 5.56 Å². The van der Waals surface area contributed by atoms with Crippen LogP contribution in [-0.4, -0.2) is 39.9 Å². The number of rotatable bonds is 5. The Balaban J connectivity index is 2.13. The van der Waals surface area contributed by atoms with Crippen LogP contribution in [0.15, 0.2) is 33.8 Å². The Morgan fingerprint density at radius 2 is 2.20 bits per heavy atom. The Kier molecular flexibility index (Phi) is 4.61. The number of nitrogens with one attached hydrogen (secondary N) is 1. The van der Waals surface area contributed by atoms with Gasteiger partial charge in [-0.3, -0.25) is 9.48 Å². The average Bonchev–Trinajstić information content (AvgIpc) is 2.80. The van der Waals surface area contributed by atoms with E-state index in [0.717, 1.165) is 17.6 Å². The molecule has 1 N–H and O–H groups in total. The first-order chi connectivity index (χ1) is 9.45. The standard InChI is InChI=1S/C13H18BrN5O/c1-17(2)6-7-19-5-4-12(16-19)15-11-8-10(14)9-18(3)13(11)20/h4-5,8-9H,6-7H2,1-3H3,(H,15,16). The molecule has 0 saturated heterocycles. The first-order valence-corrected chi connectivity index (χ1v) is 7.06. The van der Waals surface area contributed by atoms with Crippen molar-refractivity contribution in [3.63, 3.8) is 0 Å². The largest absolute Gasteiger partial charge is 0.334 e. The third kappa shape index (κ3) is 3.71. The number of halogens is 1. The Hall–Kier alpha value is -1.60. The summed E-state index contributed by atoms with van der Waals surface area (Å²) in [5.74, 6) is 0.666. The summed E-state index contributed by atoms with van der Waals surface area (Å²) < 4.78 is 4.22. The molecule has 2 aromatic heterocycles. The second kappa shape index (κ2) is 6.23. The minimum absolute atomic E-state index is 0.0870. The van der Waals surface area contributed by atoms with E-state index in [-0.39, 0.29) is 5.56 Å². The minimum atomic E-state index is -0.0870. The third-order valence-corrected chi connectivity index (χ3v) is 3.26. The van der Waals surface area contributed by atoms with E-state index in [9.17, 15) is 4.79 Å². The fourth-order valence-electron chi connectivity index (χ4n) is 1.75. The molecular formula is C13H18BrN5O. The highest BCUT2D eigenvalue weighted by atomic mass is 79.9. The van der Waals surface area contributed by atoms with E-state index in [2.05, 4.69) is 31.2 Å². The molecule has 0 aromatic carbocycles. The molecule has 0 saturated carbocycles. The van der Waals surface area contributed by atoms with Gasteiger partial charge < -0.3 is 14.8 Å². The van der Waals surface area contributed by atoms with Crippen LogP contribution >= 0.6 is 15.9 Å². The summed E-state index contributed by atoms with van der Waals surface area (Å²) >= 11 is 3.38. The monoisotopic (exact) mass is 339 g/mol. The Morgan fingerprint density at radius 1 is 1.45 bits per heavy atom. The van der Waals surface area contributed by atoms with Crippen molar-refractivity contribution >= 4 is 27.4 Å². The molecule has 2 heterocycles. The average molecular weight is 340 g/mol. The van der Waals surface area contributed by atoms with E-state index in [1.54, 1.807) is 19.3 Å². The molecule has 2 aromatic rings. The summed E-state index contributed by atoms with van der Waals surface area (Å²) in [7, 11) is 5.76. The summed E-state index contributed by atoms with van der Waals surface area (Å²) in [6.45, 7) is 1.73. The SMILES string of the molecule is CN(C)CCn1ccc(Nc2cc(Br)cn(C)c2=O)n1. The van der Waals surface area contributed by atoms with E-state index in [1.165, 1.54) is 4.57 Å². The zero-order valence-corrected chi connectivity index (χ0v) is 13.4. The van der Waals surface area contributed by atoms with Crippen molar-refractivity contribution in [3.8, 4) is 0 Å². The van der Waals surface area contributed by atoms with Crippen LogP contribution in [0.25, 0.3) is 0 Å². The summed E-state index contributed by atoms with van der Waals surface area (Å²) in [6.07, 6.45) is 3.62. The molecule has 6 nitrogen and oxygen atoms in total. The van der Waals surface area contributed by atoms with Gasteiger partial charge >= 0.3 is 0 Å². The molecular weight excluding hydrogens is 322 g/mol. The molecule has 2 rings (SSSR count). The molecule has 0 aliphatic heterocycles. The maximum absolute atomic E-state index is 12.0. The summed E-state index contributed by atoms with van der Waals surface area (Å²) in [5.41, 5.74) is 0.413. The molecule has 0 unspecified atom stereocenters. The Morgan fingerprint density at radius 3 is 2.90 bits per heavy atom. The van der Waals surface area contributed by atoms with Gasteiger partial charge in [0.2, 0.25) is 0 Å². The van der Waals surface area contributed by atoms with Crippen LogP contribution in [0.3, 0.4) is 0 Å². The summed E-state index contributed by atoms with van der Waals surface area (Å²) in [5, 5.41) is 7.45. The number of nitrogens with zero attached hydrogens (tertiary/aromatic N) is 4. The number of hydrogen-bond acceptors (Lipinski definition) is 4. The van der Waals surface area contributed by atoms with Crippen LogP contribution in [-0.2, 0) is 13.6 Å². The number of anilines is 2. The lowest BCUT2D eigenvalue weighted by molar-refractivity contribution is 0.373. The number of aromatic nitrogens is 3. The Bertz CT molecular complexity index is 646. The number of aryl methyl sites for hydroxylation is 1. The number of pyridine rings is 1. The lowest BCUT2D eigenvalue weighted by atomic mass is 10.4. The lowest BCUT2D eigenvalue weighted by Crippen LogP contribution is -2.20. The van der Waals surface area contributed by atoms with Crippen molar-refractivity contribution in [1.29, 1.82) is 0 Å². The summed E-state index contributed by atoms with van der Waals surface area (Å²) in [6, 6.07) is 3.61. The molecule has 0 aliphatic rings. The van der Waals surface area contributed by atoms with Crippen molar-refractivity contribution in [2.24, 2.45) is 7.05 Å². The van der Waals surface area contributed by atoms with Crippen molar-refractivity contribution in [3.05, 3.63) is 39.4 Å². The zero-order chi connectivity index (χ0) is 14.7. The fourth-order valence-corrected chi connectivity index (χ4v) is 2.29. The van der Waals surface area contributed by atoms with Gasteiger partial charge in [0.15, 0.2) is 5.82 Å². The van der Waals surface area contributed by atoms with Crippen molar-refractivity contribution < 1.29 is 0 Å². The van der Waals surface area contributed by atoms with E-state index in [4.69, 9.17) is 0 Å². The third-order valence-electron chi connectivity index (χ3n) is 2.83. The van der Waals surface area contributed by atoms with Gasteiger partial charge in [0.05, 0.1) is 6.54 Å². The zero-order valence-electron chi connectivity index (χ0n) is 11.8. The van der Waals surface area contributed by atoms with Crippen molar-refractivity contribution in [1.82, 2.24) is 19.2 Å². The van der Waals surface area contributed by atoms with Crippen LogP contribution in [0.5, 0.6) is 0 Å². The lowest BCUT2D eigenvalue weighted by Gasteiger charge is -2.09. The van der Waals surface area contributed by atoms with Crippen LogP contribution in [0, 0.1) is 0 Å². The predicted molar refractivity (Wildman–Crippen MR) is 83.4 cm³/mol. The first kappa shape index (κ1) is 14.8. The molecule has 0 spiro atoms. The topological polar surface area (TPSA) is 55.1 Å². The normalized spacial score (nSPS) is 11.1. The maximum Gasteiger partial charge on any atom is 0.274 e. The molecule has 108 valence electrons. The number of hydrogen-bond donors (Lipinski definition) is 1. The Labute approximate surface area is 126 Å². The van der Waals surface area contributed by atoms with Gasteiger partial charge in [0.1, 0.15) is 5.69 Å². The highest BCUT2D eigenvalue weighted by molar-refractivity contribution is 9.10. The van der Waals surface area contributed by atoms with E-state index >= 15 is 0 Å². The molecule has 0 bridgehead atoms. The molecule has 0 fully saturated rings. The van der Waals surface area contributed by atoms with Gasteiger partial charge in [-0.25, -0.2) is 0 Å². The molecule has 20 heavy (non-hydrogen) atoms. The van der Waals surface area contributed by atoms with Crippen LogP contribution in [0.2, 0.25) is 0 Å². The van der Waals surface area contributed by atoms with Gasteiger partial charge in [-0.1, -0.05) is 0 Å². The van der Waals surface area contributed by atoms with Crippen molar-refractivity contribution in [2.45, 2.75) is 6.54 Å². The van der Waals surface area contributed by atoms with E-state index in [1.807, 2.05) is 31.0 Å². The maximum atomic E-state index is 12.0. The molecule has 0 atom stereocenters. The highest BCUT2D eigenvalue weighted by Gasteiger charge is 2.06. The fraction of sp³-hybridized carbons (Fsp3) is 0.385. The first-order valence-electron chi connectivity index (χ1n) is 6.27. The summed E-state index contributed by atoms with van der Waals surface area (Å²) in [4.78, 5) is 14.1. The van der Waals surface area contributed by atoms with Gasteiger partial charge in [-0.05, 0) is 36.1 Å². The minimum Gasteiger partial charge on any atom is -0.334 e. The van der Waals surface area contributed by atoms with Gasteiger partial charge in [-0.15, -0.1) is 0 Å². The second-order valence-corrected chi connectivity index (χ2v) is 5.80. The smallest absolute Gasteiger partial charge is 0.274 e. The van der Waals surface area contributed by atoms with Crippen LogP contribution in [0.4, 0.5) is 11.5 Å². The van der Waals surface area contributed by atoms with Crippen molar-refractivity contribution in [2.75, 3.05) is 26.0 Å². The molecule has 7 heteroatoms.